The molecule has 11 N–H and O–H groups in total. The van der Waals surface area contributed by atoms with Crippen molar-refractivity contribution in [2.45, 2.75) is 82.2 Å². The molecule has 302 valence electrons. The first-order valence-electron chi connectivity index (χ1n) is 17.2. The van der Waals surface area contributed by atoms with Gasteiger partial charge in [0.15, 0.2) is 0 Å². The van der Waals surface area contributed by atoms with Crippen molar-refractivity contribution in [2.24, 2.45) is 11.7 Å². The van der Waals surface area contributed by atoms with Gasteiger partial charge in [-0.1, -0.05) is 74.5 Å². The first kappa shape index (κ1) is 45.3. The van der Waals surface area contributed by atoms with E-state index < -0.39 is 115 Å². The smallest absolute Gasteiger partial charge is 0.305 e. The summed E-state index contributed by atoms with van der Waals surface area (Å²) in [6.45, 7) is 3.30. The summed E-state index contributed by atoms with van der Waals surface area (Å²) in [5.74, 6) is -11.6. The first-order valence-corrected chi connectivity index (χ1v) is 17.2. The Morgan fingerprint density at radius 1 is 0.536 bits per heavy atom. The van der Waals surface area contributed by atoms with Gasteiger partial charge < -0.3 is 53.0 Å². The highest BCUT2D eigenvalue weighted by molar-refractivity contribution is 5.99. The molecule has 2 aromatic rings. The summed E-state index contributed by atoms with van der Waals surface area (Å²) in [6, 6.07) is 7.06. The fourth-order valence-electron chi connectivity index (χ4n) is 5.28. The number of carboxylic acid groups (broad SMARTS) is 3. The molecule has 0 fully saturated rings. The molecular weight excluding hydrogens is 738 g/mol. The molecule has 0 radical (unpaired) electrons. The highest BCUT2D eigenvalue weighted by Crippen LogP contribution is 2.10. The number of primary amides is 1. The predicted molar refractivity (Wildman–Crippen MR) is 194 cm³/mol. The van der Waals surface area contributed by atoms with E-state index in [0.29, 0.717) is 11.1 Å². The van der Waals surface area contributed by atoms with Gasteiger partial charge in [-0.25, -0.2) is 0 Å². The molecule has 0 aliphatic carbocycles. The van der Waals surface area contributed by atoms with Gasteiger partial charge in [-0.2, -0.15) is 0 Å². The summed E-state index contributed by atoms with van der Waals surface area (Å²) in [6.07, 6.45) is -3.43. The van der Waals surface area contributed by atoms with Crippen LogP contribution in [-0.4, -0.2) is 111 Å². The number of nitrogens with two attached hydrogens (primary N) is 1. The summed E-state index contributed by atoms with van der Waals surface area (Å²) in [5.41, 5.74) is 6.61. The first-order chi connectivity index (χ1) is 26.4. The van der Waals surface area contributed by atoms with Crippen LogP contribution in [0, 0.1) is 5.92 Å². The second kappa shape index (κ2) is 22.4. The Labute approximate surface area is 320 Å². The lowest BCUT2D eigenvalue weighted by atomic mass is 10.00. The minimum atomic E-state index is -2.00. The molecule has 20 heteroatoms. The maximum Gasteiger partial charge on any atom is 0.305 e. The van der Waals surface area contributed by atoms with Gasteiger partial charge in [0.1, 0.15) is 36.3 Å². The average Bonchev–Trinajstić information content (AvgIpc) is 3.12. The summed E-state index contributed by atoms with van der Waals surface area (Å²) in [5, 5.41) is 41.5. The lowest BCUT2D eigenvalue weighted by Gasteiger charge is -2.27. The van der Waals surface area contributed by atoms with E-state index >= 15 is 0 Å². The number of hydrogen-bond donors (Lipinski definition) is 10. The monoisotopic (exact) mass is 783 g/mol. The molecule has 0 aliphatic heterocycles. The summed E-state index contributed by atoms with van der Waals surface area (Å²) in [7, 11) is 0. The molecule has 0 saturated heterocycles. The predicted octanol–water partition coefficient (Wildman–Crippen LogP) is -2.42. The van der Waals surface area contributed by atoms with Crippen LogP contribution in [0.1, 0.15) is 44.2 Å². The van der Waals surface area contributed by atoms with E-state index in [0.717, 1.165) is 0 Å². The molecule has 0 bridgehead atoms. The topological polar surface area (TPSA) is 330 Å². The van der Waals surface area contributed by atoms with E-state index in [2.05, 4.69) is 21.3 Å². The van der Waals surface area contributed by atoms with Gasteiger partial charge in [-0.3, -0.25) is 47.9 Å². The molecule has 0 saturated carbocycles. The molecule has 20 nitrogen and oxygen atoms in total. The Bertz CT molecular complexity index is 1740. The second-order valence-corrected chi connectivity index (χ2v) is 12.9. The summed E-state index contributed by atoms with van der Waals surface area (Å²) < 4.78 is 0. The number of amides is 7. The Hall–Kier alpha value is -6.86. The van der Waals surface area contributed by atoms with Crippen molar-refractivity contribution >= 4 is 59.8 Å². The van der Waals surface area contributed by atoms with Crippen LogP contribution < -0.4 is 37.6 Å². The molecule has 6 atom stereocenters. The van der Waals surface area contributed by atoms with Gasteiger partial charge in [-0.05, 0) is 17.0 Å². The molecule has 56 heavy (non-hydrogen) atoms. The van der Waals surface area contributed by atoms with Crippen molar-refractivity contribution in [1.29, 1.82) is 0 Å². The minimum Gasteiger partial charge on any atom is -0.481 e. The van der Waals surface area contributed by atoms with E-state index in [1.165, 1.54) is 0 Å². The Kier molecular flexibility index (Phi) is 18.1. The molecule has 2 aromatic carbocycles. The Balaban J connectivity index is 2.44. The molecule has 0 spiro atoms. The zero-order chi connectivity index (χ0) is 41.9. The normalized spacial score (nSPS) is 13.9. The van der Waals surface area contributed by atoms with Crippen LogP contribution in [0.2, 0.25) is 0 Å². The van der Waals surface area contributed by atoms with E-state index in [9.17, 15) is 58.2 Å². The number of nitrogens with one attached hydrogen (secondary N) is 6. The van der Waals surface area contributed by atoms with E-state index in [-0.39, 0.29) is 19.3 Å². The van der Waals surface area contributed by atoms with Gasteiger partial charge in [0.25, 0.3) is 0 Å². The zero-order valence-electron chi connectivity index (χ0n) is 30.4. The van der Waals surface area contributed by atoms with Gasteiger partial charge >= 0.3 is 17.9 Å². The second-order valence-electron chi connectivity index (χ2n) is 12.9. The molecule has 0 heterocycles. The van der Waals surface area contributed by atoms with Crippen LogP contribution >= 0.6 is 0 Å². The van der Waals surface area contributed by atoms with Crippen LogP contribution in [0.3, 0.4) is 0 Å². The molecular formula is C36H45N7O13. The number of carbonyl (C=O) groups is 10. The Morgan fingerprint density at radius 3 is 1.20 bits per heavy atom. The standard InChI is InChI=1S/C36H45N7O13/c1-19(2)30(31(37)51)43-36(56)24(14-21-11-7-4-8-12-21)40-33(53)23(13-20-9-5-3-6-10-20)39-34(54)26(17-29(49)50)42-35(55)25(16-28(47)48)41-32(52)22(38-18-44)15-27(45)46/h3-12,18-19,22-26,30H,13-17H2,1-2H3,(H2,37,51)(H,38,44)(H,39,54)(H,40,53)(H,41,52)(H,42,55)(H,43,56)(H,45,46)(H,47,48)(H,49,50). The quantitative estimate of drug-likeness (QED) is 0.0496. The van der Waals surface area contributed by atoms with Crippen molar-refractivity contribution in [3.05, 3.63) is 71.8 Å². The van der Waals surface area contributed by atoms with Crippen molar-refractivity contribution in [2.75, 3.05) is 0 Å². The fourth-order valence-corrected chi connectivity index (χ4v) is 5.28. The number of aliphatic carboxylic acids is 3. The SMILES string of the molecule is CC(C)C(NC(=O)C(Cc1ccccc1)NC(=O)C(Cc1ccccc1)NC(=O)C(CC(=O)O)NC(=O)C(CC(=O)O)NC(=O)C(CC(=O)O)NC=O)C(N)=O. The number of benzene rings is 2. The van der Waals surface area contributed by atoms with Gasteiger partial charge in [0.2, 0.25) is 41.9 Å². The maximum absolute atomic E-state index is 14.0. The van der Waals surface area contributed by atoms with Crippen LogP contribution in [0.25, 0.3) is 0 Å². The van der Waals surface area contributed by atoms with Crippen molar-refractivity contribution < 1.29 is 63.3 Å². The van der Waals surface area contributed by atoms with Gasteiger partial charge in [-0.15, -0.1) is 0 Å². The third kappa shape index (κ3) is 15.6. The van der Waals surface area contributed by atoms with Gasteiger partial charge in [0, 0.05) is 12.8 Å². The molecule has 7 amide bonds. The minimum absolute atomic E-state index is 0.00841. The molecule has 6 unspecified atom stereocenters. The number of carbonyl (C=O) groups excluding carboxylic acids is 7. The van der Waals surface area contributed by atoms with Crippen molar-refractivity contribution in [3.63, 3.8) is 0 Å². The van der Waals surface area contributed by atoms with E-state index in [1.807, 2.05) is 10.6 Å². The number of carboxylic acids is 3. The number of hydrogen-bond acceptors (Lipinski definition) is 10. The lowest BCUT2D eigenvalue weighted by molar-refractivity contribution is -0.144. The van der Waals surface area contributed by atoms with Crippen LogP contribution in [0.5, 0.6) is 0 Å². The zero-order valence-corrected chi connectivity index (χ0v) is 30.4. The summed E-state index contributed by atoms with van der Waals surface area (Å²) >= 11 is 0. The van der Waals surface area contributed by atoms with Crippen LogP contribution in [-0.2, 0) is 60.8 Å². The third-order valence-corrected chi connectivity index (χ3v) is 8.09. The van der Waals surface area contributed by atoms with Crippen molar-refractivity contribution in [3.8, 4) is 0 Å². The van der Waals surface area contributed by atoms with E-state index in [4.69, 9.17) is 10.8 Å². The molecule has 2 rings (SSSR count). The highest BCUT2D eigenvalue weighted by Gasteiger charge is 2.35. The summed E-state index contributed by atoms with van der Waals surface area (Å²) in [4.78, 5) is 125. The fraction of sp³-hybridized carbons (Fsp3) is 0.389. The van der Waals surface area contributed by atoms with Gasteiger partial charge in [0.05, 0.1) is 19.3 Å². The number of rotatable bonds is 24. The molecule has 0 aromatic heterocycles. The maximum atomic E-state index is 14.0. The van der Waals surface area contributed by atoms with E-state index in [1.54, 1.807) is 74.5 Å². The average molecular weight is 784 g/mol. The largest absolute Gasteiger partial charge is 0.481 e. The highest BCUT2D eigenvalue weighted by atomic mass is 16.4. The lowest BCUT2D eigenvalue weighted by Crippen LogP contribution is -2.60. The Morgan fingerprint density at radius 2 is 0.857 bits per heavy atom. The van der Waals surface area contributed by atoms with Crippen molar-refractivity contribution in [1.82, 2.24) is 31.9 Å². The molecule has 0 aliphatic rings. The van der Waals surface area contributed by atoms with Crippen LogP contribution in [0.15, 0.2) is 60.7 Å². The third-order valence-electron chi connectivity index (χ3n) is 8.09. The van der Waals surface area contributed by atoms with Crippen LogP contribution in [0.4, 0.5) is 0 Å².